The van der Waals surface area contributed by atoms with Gasteiger partial charge in [0.2, 0.25) is 0 Å². The van der Waals surface area contributed by atoms with E-state index in [0.717, 1.165) is 49.4 Å². The van der Waals surface area contributed by atoms with Crippen molar-refractivity contribution in [3.8, 4) is 0 Å². The van der Waals surface area contributed by atoms with Crippen molar-refractivity contribution in [2.24, 2.45) is 5.92 Å². The molecule has 6 nitrogen and oxygen atoms in total. The van der Waals surface area contributed by atoms with Gasteiger partial charge in [0.05, 0.1) is 0 Å². The van der Waals surface area contributed by atoms with E-state index in [1.807, 2.05) is 32.0 Å². The molecule has 2 fully saturated rings. The Morgan fingerprint density at radius 1 is 0.931 bits per heavy atom. The lowest BCUT2D eigenvalue weighted by Gasteiger charge is -2.31. The summed E-state index contributed by atoms with van der Waals surface area (Å²) in [5.74, 6) is 0.860. The molecule has 1 saturated carbocycles. The van der Waals surface area contributed by atoms with Gasteiger partial charge in [-0.25, -0.2) is 0 Å². The van der Waals surface area contributed by atoms with E-state index in [1.165, 1.54) is 29.1 Å². The Morgan fingerprint density at radius 2 is 1.48 bits per heavy atom. The van der Waals surface area contributed by atoms with Crippen LogP contribution in [0.1, 0.15) is 43.7 Å². The first-order valence-corrected chi connectivity index (χ1v) is 11.2. The third-order valence-corrected chi connectivity index (χ3v) is 6.69. The first kappa shape index (κ1) is 21.8. The Morgan fingerprint density at radius 3 is 2.07 bits per heavy atom. The number of para-hydroxylation sites is 1. The SMILES string of the molecule is Cc1cccc(C)c1NC(=O)C[NH+]1CC[NH+](CC(=O)N[C@@H]2CCCC[C@H]2C)CC1. The van der Waals surface area contributed by atoms with Crippen LogP contribution in [0.15, 0.2) is 18.2 Å². The topological polar surface area (TPSA) is 67.1 Å². The van der Waals surface area contributed by atoms with Crippen molar-refractivity contribution in [2.45, 2.75) is 52.5 Å². The van der Waals surface area contributed by atoms with Gasteiger partial charge < -0.3 is 20.4 Å². The number of aryl methyl sites for hydroxylation is 2. The molecule has 6 heteroatoms. The summed E-state index contributed by atoms with van der Waals surface area (Å²) in [5, 5.41) is 6.35. The normalized spacial score (nSPS) is 27.3. The molecule has 0 aromatic heterocycles. The fourth-order valence-corrected chi connectivity index (χ4v) is 4.75. The molecule has 0 radical (unpaired) electrons. The molecular weight excluding hydrogens is 364 g/mol. The molecule has 0 bridgehead atoms. The number of nitrogens with one attached hydrogen (secondary N) is 4. The van der Waals surface area contributed by atoms with Crippen LogP contribution in [0, 0.1) is 19.8 Å². The summed E-state index contributed by atoms with van der Waals surface area (Å²) in [4.78, 5) is 27.6. The summed E-state index contributed by atoms with van der Waals surface area (Å²) in [6, 6.07) is 6.42. The fourth-order valence-electron chi connectivity index (χ4n) is 4.75. The summed E-state index contributed by atoms with van der Waals surface area (Å²) in [6.45, 7) is 11.1. The van der Waals surface area contributed by atoms with Crippen molar-refractivity contribution in [1.82, 2.24) is 5.32 Å². The van der Waals surface area contributed by atoms with E-state index in [9.17, 15) is 9.59 Å². The molecule has 1 saturated heterocycles. The summed E-state index contributed by atoms with van der Waals surface area (Å²) in [5.41, 5.74) is 3.14. The maximum absolute atomic E-state index is 12.5. The highest BCUT2D eigenvalue weighted by atomic mass is 16.2. The molecule has 4 N–H and O–H groups in total. The first-order chi connectivity index (χ1) is 13.9. The van der Waals surface area contributed by atoms with E-state index in [1.54, 1.807) is 0 Å². The van der Waals surface area contributed by atoms with Crippen LogP contribution >= 0.6 is 0 Å². The van der Waals surface area contributed by atoms with E-state index in [0.29, 0.717) is 25.0 Å². The predicted molar refractivity (Wildman–Crippen MR) is 115 cm³/mol. The minimum Gasteiger partial charge on any atom is -0.348 e. The van der Waals surface area contributed by atoms with Crippen LogP contribution in [0.4, 0.5) is 5.69 Å². The Bertz CT molecular complexity index is 693. The second-order valence-corrected chi connectivity index (χ2v) is 9.10. The van der Waals surface area contributed by atoms with Crippen LogP contribution in [0.2, 0.25) is 0 Å². The Balaban J connectivity index is 1.38. The number of hydrogen-bond acceptors (Lipinski definition) is 2. The average Bonchev–Trinajstić information content (AvgIpc) is 2.68. The van der Waals surface area contributed by atoms with Gasteiger partial charge in [-0.1, -0.05) is 38.0 Å². The molecule has 3 rings (SSSR count). The van der Waals surface area contributed by atoms with Crippen molar-refractivity contribution in [3.05, 3.63) is 29.3 Å². The lowest BCUT2D eigenvalue weighted by atomic mass is 9.86. The number of anilines is 1. The highest BCUT2D eigenvalue weighted by Gasteiger charge is 2.28. The molecule has 0 spiro atoms. The number of benzene rings is 1. The number of piperazine rings is 1. The van der Waals surface area contributed by atoms with E-state index in [2.05, 4.69) is 17.6 Å². The van der Waals surface area contributed by atoms with Crippen LogP contribution in [0.3, 0.4) is 0 Å². The van der Waals surface area contributed by atoms with Crippen LogP contribution in [0.25, 0.3) is 0 Å². The minimum atomic E-state index is 0.0740. The minimum absolute atomic E-state index is 0.0740. The number of rotatable bonds is 6. The first-order valence-electron chi connectivity index (χ1n) is 11.2. The molecule has 160 valence electrons. The zero-order valence-electron chi connectivity index (χ0n) is 18.3. The van der Waals surface area contributed by atoms with Crippen molar-refractivity contribution in [2.75, 3.05) is 44.6 Å². The van der Waals surface area contributed by atoms with Gasteiger partial charge in [-0.05, 0) is 43.7 Å². The van der Waals surface area contributed by atoms with E-state index >= 15 is 0 Å². The largest absolute Gasteiger partial charge is 0.348 e. The lowest BCUT2D eigenvalue weighted by Crippen LogP contribution is -3.28. The maximum Gasteiger partial charge on any atom is 0.279 e. The van der Waals surface area contributed by atoms with Crippen molar-refractivity contribution in [1.29, 1.82) is 0 Å². The van der Waals surface area contributed by atoms with Crippen LogP contribution < -0.4 is 20.4 Å². The predicted octanol–water partition coefficient (Wildman–Crippen LogP) is -0.280. The van der Waals surface area contributed by atoms with Crippen LogP contribution in [-0.2, 0) is 9.59 Å². The van der Waals surface area contributed by atoms with Crippen LogP contribution in [-0.4, -0.2) is 57.1 Å². The molecule has 2 atom stereocenters. The lowest BCUT2D eigenvalue weighted by molar-refractivity contribution is -1.00. The number of amides is 2. The standard InChI is InChI=1S/C23H36N4O2/c1-17-7-4-5-10-20(17)24-21(28)15-26-11-13-27(14-12-26)16-22(29)25-23-18(2)8-6-9-19(23)3/h6,8-9,17,20H,4-5,7,10-16H2,1-3H3,(H,24,28)(H,25,29)/p+2/t17-,20-/m1/s1. The Labute approximate surface area is 175 Å². The van der Waals surface area contributed by atoms with Gasteiger partial charge in [0.15, 0.2) is 13.1 Å². The second kappa shape index (κ2) is 10.2. The molecular formula is C23H38N4O2+2. The zero-order valence-corrected chi connectivity index (χ0v) is 18.3. The summed E-state index contributed by atoms with van der Waals surface area (Å²) < 4.78 is 0. The van der Waals surface area contributed by atoms with Crippen molar-refractivity contribution >= 4 is 17.5 Å². The summed E-state index contributed by atoms with van der Waals surface area (Å²) >= 11 is 0. The van der Waals surface area contributed by atoms with Gasteiger partial charge in [0.25, 0.3) is 11.8 Å². The van der Waals surface area contributed by atoms with Gasteiger partial charge in [0.1, 0.15) is 26.2 Å². The molecule has 0 unspecified atom stereocenters. The molecule has 1 aliphatic carbocycles. The monoisotopic (exact) mass is 402 g/mol. The second-order valence-electron chi connectivity index (χ2n) is 9.10. The fraction of sp³-hybridized carbons (Fsp3) is 0.652. The van der Waals surface area contributed by atoms with E-state index in [-0.39, 0.29) is 11.8 Å². The number of carbonyl (C=O) groups excluding carboxylic acids is 2. The maximum atomic E-state index is 12.5. The smallest absolute Gasteiger partial charge is 0.279 e. The van der Waals surface area contributed by atoms with Gasteiger partial charge in [-0.15, -0.1) is 0 Å². The third-order valence-electron chi connectivity index (χ3n) is 6.69. The third kappa shape index (κ3) is 6.28. The van der Waals surface area contributed by atoms with Crippen molar-refractivity contribution in [3.63, 3.8) is 0 Å². The van der Waals surface area contributed by atoms with Gasteiger partial charge in [-0.3, -0.25) is 9.59 Å². The van der Waals surface area contributed by atoms with Crippen LogP contribution in [0.5, 0.6) is 0 Å². The molecule has 29 heavy (non-hydrogen) atoms. The Hall–Kier alpha value is -1.92. The molecule has 1 aromatic rings. The van der Waals surface area contributed by atoms with Gasteiger partial charge >= 0.3 is 0 Å². The van der Waals surface area contributed by atoms with Crippen molar-refractivity contribution < 1.29 is 19.4 Å². The van der Waals surface area contributed by atoms with Gasteiger partial charge in [-0.2, -0.15) is 0 Å². The van der Waals surface area contributed by atoms with Gasteiger partial charge in [0, 0.05) is 11.7 Å². The van der Waals surface area contributed by atoms with E-state index in [4.69, 9.17) is 0 Å². The number of quaternary nitrogens is 2. The molecule has 2 amide bonds. The Kier molecular flexibility index (Phi) is 7.67. The highest BCUT2D eigenvalue weighted by molar-refractivity contribution is 5.93. The quantitative estimate of drug-likeness (QED) is 0.529. The number of hydrogen-bond donors (Lipinski definition) is 4. The molecule has 1 heterocycles. The summed E-state index contributed by atoms with van der Waals surface area (Å²) in [7, 11) is 0. The number of carbonyl (C=O) groups is 2. The van der Waals surface area contributed by atoms with E-state index < -0.39 is 0 Å². The highest BCUT2D eigenvalue weighted by Crippen LogP contribution is 2.23. The molecule has 1 aromatic carbocycles. The average molecular weight is 403 g/mol. The zero-order chi connectivity index (χ0) is 20.8. The molecule has 2 aliphatic rings. The molecule has 1 aliphatic heterocycles. The summed E-state index contributed by atoms with van der Waals surface area (Å²) in [6.07, 6.45) is 4.87.